The summed E-state index contributed by atoms with van der Waals surface area (Å²) < 4.78 is 0. The van der Waals surface area contributed by atoms with Crippen LogP contribution in [0.5, 0.6) is 0 Å². The Labute approximate surface area is 121 Å². The Morgan fingerprint density at radius 1 is 0.810 bits per heavy atom. The minimum Gasteiger partial charge on any atom is -0.368 e. The Bertz CT molecular complexity index is 822. The van der Waals surface area contributed by atoms with E-state index >= 15 is 0 Å². The van der Waals surface area contributed by atoms with Gasteiger partial charge in [0.05, 0.1) is 11.6 Å². The first-order valence-corrected chi connectivity index (χ1v) is 6.34. The lowest BCUT2D eigenvalue weighted by Gasteiger charge is -2.06. The monoisotopic (exact) mass is 273 g/mol. The minimum absolute atomic E-state index is 0.131. The van der Waals surface area contributed by atoms with E-state index in [-0.39, 0.29) is 5.95 Å². The largest absolute Gasteiger partial charge is 0.368 e. The van der Waals surface area contributed by atoms with Gasteiger partial charge in [-0.25, -0.2) is 4.98 Å². The van der Waals surface area contributed by atoms with E-state index in [4.69, 9.17) is 5.73 Å². The topological polar surface area (TPSA) is 88.5 Å². The van der Waals surface area contributed by atoms with E-state index in [2.05, 4.69) is 21.0 Å². The number of nitrogen functional groups attached to an aromatic ring is 1. The molecule has 0 fully saturated rings. The molecule has 0 saturated carbocycles. The van der Waals surface area contributed by atoms with Gasteiger partial charge in [0.25, 0.3) is 0 Å². The molecule has 2 aromatic carbocycles. The molecule has 1 heterocycles. The lowest BCUT2D eigenvalue weighted by Crippen LogP contribution is -2.03. The van der Waals surface area contributed by atoms with Gasteiger partial charge in [-0.05, 0) is 12.1 Å². The van der Waals surface area contributed by atoms with Crippen LogP contribution in [0, 0.1) is 11.3 Å². The molecule has 0 unspecified atom stereocenters. The van der Waals surface area contributed by atoms with E-state index in [1.54, 1.807) is 18.2 Å². The first-order chi connectivity index (χ1) is 10.3. The van der Waals surface area contributed by atoms with Crippen LogP contribution in [0.2, 0.25) is 0 Å². The van der Waals surface area contributed by atoms with Crippen molar-refractivity contribution in [2.45, 2.75) is 0 Å². The van der Waals surface area contributed by atoms with E-state index in [0.717, 1.165) is 5.56 Å². The summed E-state index contributed by atoms with van der Waals surface area (Å²) >= 11 is 0. The normalized spacial score (nSPS) is 10.0. The fourth-order valence-electron chi connectivity index (χ4n) is 2.00. The summed E-state index contributed by atoms with van der Waals surface area (Å²) in [6.07, 6.45) is 0. The van der Waals surface area contributed by atoms with Crippen LogP contribution >= 0.6 is 0 Å². The first-order valence-electron chi connectivity index (χ1n) is 6.34. The van der Waals surface area contributed by atoms with E-state index in [1.165, 1.54) is 0 Å². The second-order valence-electron chi connectivity index (χ2n) is 4.36. The van der Waals surface area contributed by atoms with Crippen LogP contribution in [0.15, 0.2) is 54.6 Å². The summed E-state index contributed by atoms with van der Waals surface area (Å²) in [4.78, 5) is 12.7. The van der Waals surface area contributed by atoms with Gasteiger partial charge in [-0.2, -0.15) is 15.2 Å². The molecule has 0 radical (unpaired) electrons. The smallest absolute Gasteiger partial charge is 0.224 e. The number of anilines is 1. The number of hydrogen-bond donors (Lipinski definition) is 1. The van der Waals surface area contributed by atoms with Crippen LogP contribution in [0.1, 0.15) is 5.56 Å². The SMILES string of the molecule is N#Cc1ccccc1-c1nc(N)nc(-c2ccccc2)n1. The number of aromatic nitrogens is 3. The lowest BCUT2D eigenvalue weighted by molar-refractivity contribution is 1.08. The van der Waals surface area contributed by atoms with Gasteiger partial charge in [0.15, 0.2) is 11.6 Å². The molecule has 3 aromatic rings. The van der Waals surface area contributed by atoms with Crippen LogP contribution in [-0.2, 0) is 0 Å². The van der Waals surface area contributed by atoms with Gasteiger partial charge in [0, 0.05) is 11.1 Å². The third-order valence-corrected chi connectivity index (χ3v) is 2.97. The predicted octanol–water partition coefficient (Wildman–Crippen LogP) is 2.66. The van der Waals surface area contributed by atoms with Gasteiger partial charge < -0.3 is 5.73 Å². The number of hydrogen-bond acceptors (Lipinski definition) is 5. The number of nitrogens with zero attached hydrogens (tertiary/aromatic N) is 4. The van der Waals surface area contributed by atoms with Crippen molar-refractivity contribution >= 4 is 5.95 Å². The fraction of sp³-hybridized carbons (Fsp3) is 0. The third-order valence-electron chi connectivity index (χ3n) is 2.97. The van der Waals surface area contributed by atoms with Crippen molar-refractivity contribution in [1.29, 1.82) is 5.26 Å². The van der Waals surface area contributed by atoms with Crippen molar-refractivity contribution in [3.63, 3.8) is 0 Å². The lowest BCUT2D eigenvalue weighted by atomic mass is 10.1. The number of nitrogens with two attached hydrogens (primary N) is 1. The van der Waals surface area contributed by atoms with Gasteiger partial charge in [0.2, 0.25) is 5.95 Å². The molecule has 100 valence electrons. The van der Waals surface area contributed by atoms with Crippen molar-refractivity contribution in [2.75, 3.05) is 5.73 Å². The van der Waals surface area contributed by atoms with E-state index in [9.17, 15) is 5.26 Å². The summed E-state index contributed by atoms with van der Waals surface area (Å²) in [5.41, 5.74) is 7.78. The summed E-state index contributed by atoms with van der Waals surface area (Å²) in [7, 11) is 0. The zero-order valence-corrected chi connectivity index (χ0v) is 11.1. The van der Waals surface area contributed by atoms with Crippen LogP contribution in [0.25, 0.3) is 22.8 Å². The Morgan fingerprint density at radius 3 is 2.24 bits per heavy atom. The maximum absolute atomic E-state index is 9.18. The van der Waals surface area contributed by atoms with Crippen molar-refractivity contribution in [2.24, 2.45) is 0 Å². The number of benzene rings is 2. The molecule has 0 spiro atoms. The van der Waals surface area contributed by atoms with E-state index in [1.807, 2.05) is 36.4 Å². The highest BCUT2D eigenvalue weighted by atomic mass is 15.1. The number of rotatable bonds is 2. The third kappa shape index (κ3) is 2.55. The standard InChI is InChI=1S/C16H11N5/c17-10-12-8-4-5-9-13(12)15-19-14(20-16(18)21-15)11-6-2-1-3-7-11/h1-9H,(H2,18,19,20,21). The van der Waals surface area contributed by atoms with Gasteiger partial charge in [0.1, 0.15) is 0 Å². The molecule has 0 saturated heterocycles. The highest BCUT2D eigenvalue weighted by Gasteiger charge is 2.11. The minimum atomic E-state index is 0.131. The fourth-order valence-corrected chi connectivity index (χ4v) is 2.00. The maximum atomic E-state index is 9.18. The number of nitriles is 1. The molecule has 3 rings (SSSR count). The zero-order chi connectivity index (χ0) is 14.7. The molecule has 0 atom stereocenters. The zero-order valence-electron chi connectivity index (χ0n) is 11.1. The maximum Gasteiger partial charge on any atom is 0.224 e. The molecule has 5 heteroatoms. The second-order valence-corrected chi connectivity index (χ2v) is 4.36. The first kappa shape index (κ1) is 12.8. The summed E-state index contributed by atoms with van der Waals surface area (Å²) in [6.45, 7) is 0. The molecule has 0 aliphatic carbocycles. The molecule has 0 aliphatic heterocycles. The average molecular weight is 273 g/mol. The Kier molecular flexibility index (Phi) is 3.27. The highest BCUT2D eigenvalue weighted by Crippen LogP contribution is 2.23. The van der Waals surface area contributed by atoms with E-state index < -0.39 is 0 Å². The van der Waals surface area contributed by atoms with Crippen LogP contribution in [0.4, 0.5) is 5.95 Å². The van der Waals surface area contributed by atoms with Crippen molar-refractivity contribution in [1.82, 2.24) is 15.0 Å². The summed E-state index contributed by atoms with van der Waals surface area (Å²) in [6, 6.07) is 18.8. The van der Waals surface area contributed by atoms with Gasteiger partial charge in [-0.15, -0.1) is 0 Å². The van der Waals surface area contributed by atoms with Gasteiger partial charge >= 0.3 is 0 Å². The average Bonchev–Trinajstić information content (AvgIpc) is 2.55. The van der Waals surface area contributed by atoms with Crippen LogP contribution in [0.3, 0.4) is 0 Å². The second kappa shape index (κ2) is 5.39. The molecule has 21 heavy (non-hydrogen) atoms. The van der Waals surface area contributed by atoms with Crippen molar-refractivity contribution in [3.8, 4) is 28.8 Å². The van der Waals surface area contributed by atoms with Crippen molar-refractivity contribution < 1.29 is 0 Å². The summed E-state index contributed by atoms with van der Waals surface area (Å²) in [5, 5.41) is 9.18. The molecule has 5 nitrogen and oxygen atoms in total. The molecular weight excluding hydrogens is 262 g/mol. The molecule has 0 aliphatic rings. The molecule has 0 amide bonds. The predicted molar refractivity (Wildman–Crippen MR) is 79.8 cm³/mol. The van der Waals surface area contributed by atoms with Crippen LogP contribution in [-0.4, -0.2) is 15.0 Å². The molecule has 0 bridgehead atoms. The summed E-state index contributed by atoms with van der Waals surface area (Å²) in [5.74, 6) is 1.02. The Morgan fingerprint density at radius 2 is 1.48 bits per heavy atom. The quantitative estimate of drug-likeness (QED) is 0.775. The molecule has 1 aromatic heterocycles. The molecular formula is C16H11N5. The Hall–Kier alpha value is -3.26. The van der Waals surface area contributed by atoms with Crippen molar-refractivity contribution in [3.05, 3.63) is 60.2 Å². The highest BCUT2D eigenvalue weighted by molar-refractivity contribution is 5.67. The van der Waals surface area contributed by atoms with Gasteiger partial charge in [-0.1, -0.05) is 42.5 Å². The van der Waals surface area contributed by atoms with E-state index in [0.29, 0.717) is 22.8 Å². The Balaban J connectivity index is 2.17. The van der Waals surface area contributed by atoms with Gasteiger partial charge in [-0.3, -0.25) is 0 Å². The van der Waals surface area contributed by atoms with Crippen LogP contribution < -0.4 is 5.73 Å². The molecule has 2 N–H and O–H groups in total.